The maximum atomic E-state index is 10.1. The number of alkyl halides is 2. The Hall–Kier alpha value is 0.1000. The number of halogens is 2. The van der Waals surface area contributed by atoms with Crippen LogP contribution in [0.2, 0.25) is 0 Å². The zero-order valence-electron chi connectivity index (χ0n) is 4.25. The minimum absolute atomic E-state index is 0.521. The van der Waals surface area contributed by atoms with Gasteiger partial charge in [-0.2, -0.15) is 0 Å². The number of hydrogen-bond acceptors (Lipinski definition) is 2. The average molecular weight is 260 g/mol. The quantitative estimate of drug-likeness (QED) is 0.603. The Balaban J connectivity index is 3.86. The van der Waals surface area contributed by atoms with E-state index in [1.807, 2.05) is 0 Å². The van der Waals surface area contributed by atoms with Gasteiger partial charge in [-0.3, -0.25) is 4.79 Å². The van der Waals surface area contributed by atoms with E-state index in [0.717, 1.165) is 0 Å². The maximum absolute atomic E-state index is 10.1. The van der Waals surface area contributed by atoms with E-state index in [-0.39, 0.29) is 0 Å². The number of carbonyl (C=O) groups is 2. The Morgan fingerprint density at radius 1 is 1.56 bits per heavy atom. The van der Waals surface area contributed by atoms with Crippen LogP contribution in [0.25, 0.3) is 0 Å². The Morgan fingerprint density at radius 3 is 2.11 bits per heavy atom. The van der Waals surface area contributed by atoms with Gasteiger partial charge in [-0.25, -0.2) is 0 Å². The zero-order valence-corrected chi connectivity index (χ0v) is 7.42. The Morgan fingerprint density at radius 2 is 2.00 bits per heavy atom. The summed E-state index contributed by atoms with van der Waals surface area (Å²) < 4.78 is 0. The SMILES string of the molecule is O=CC(Br)C(Br)C(=O)O. The minimum Gasteiger partial charge on any atom is -0.480 e. The first kappa shape index (κ1) is 9.10. The molecule has 0 aliphatic heterocycles. The van der Waals surface area contributed by atoms with E-state index in [0.29, 0.717) is 6.29 Å². The molecule has 1 N–H and O–H groups in total. The van der Waals surface area contributed by atoms with Gasteiger partial charge in [-0.15, -0.1) is 0 Å². The summed E-state index contributed by atoms with van der Waals surface area (Å²) in [6.45, 7) is 0. The largest absolute Gasteiger partial charge is 0.480 e. The highest BCUT2D eigenvalue weighted by Gasteiger charge is 2.21. The molecular weight excluding hydrogens is 256 g/mol. The highest BCUT2D eigenvalue weighted by molar-refractivity contribution is 9.12. The summed E-state index contributed by atoms with van der Waals surface area (Å²) in [7, 11) is 0. The summed E-state index contributed by atoms with van der Waals surface area (Å²) in [4.78, 5) is 18.5. The number of carboxylic acids is 1. The summed E-state index contributed by atoms with van der Waals surface area (Å²) >= 11 is 5.64. The van der Waals surface area contributed by atoms with Crippen LogP contribution in [0.1, 0.15) is 0 Å². The summed E-state index contributed by atoms with van der Waals surface area (Å²) in [5.74, 6) is -1.05. The fourth-order valence-corrected chi connectivity index (χ4v) is 0.556. The van der Waals surface area contributed by atoms with Crippen molar-refractivity contribution in [1.29, 1.82) is 0 Å². The van der Waals surface area contributed by atoms with Crippen molar-refractivity contribution in [3.8, 4) is 0 Å². The zero-order chi connectivity index (χ0) is 7.44. The van der Waals surface area contributed by atoms with Crippen LogP contribution in [0.3, 0.4) is 0 Å². The highest BCUT2D eigenvalue weighted by Crippen LogP contribution is 2.11. The topological polar surface area (TPSA) is 54.4 Å². The maximum Gasteiger partial charge on any atom is 0.318 e. The number of aliphatic carboxylic acids is 1. The average Bonchev–Trinajstić information content (AvgIpc) is 1.84. The van der Waals surface area contributed by atoms with E-state index < -0.39 is 15.6 Å². The number of carboxylic acid groups (broad SMARTS) is 1. The molecule has 2 unspecified atom stereocenters. The van der Waals surface area contributed by atoms with Crippen molar-refractivity contribution in [3.05, 3.63) is 0 Å². The van der Waals surface area contributed by atoms with Gasteiger partial charge in [-0.1, -0.05) is 31.9 Å². The molecule has 2 atom stereocenters. The second kappa shape index (κ2) is 4.00. The molecule has 0 aliphatic rings. The second-order valence-corrected chi connectivity index (χ2v) is 3.36. The van der Waals surface area contributed by atoms with Crippen molar-refractivity contribution in [2.24, 2.45) is 0 Å². The molecule has 0 saturated heterocycles. The van der Waals surface area contributed by atoms with Gasteiger partial charge in [0, 0.05) is 0 Å². The number of rotatable bonds is 3. The van der Waals surface area contributed by atoms with Crippen molar-refractivity contribution in [3.63, 3.8) is 0 Å². The van der Waals surface area contributed by atoms with Crippen LogP contribution >= 0.6 is 31.9 Å². The van der Waals surface area contributed by atoms with Gasteiger partial charge in [0.05, 0.1) is 4.83 Å². The third-order valence-corrected chi connectivity index (χ3v) is 3.06. The van der Waals surface area contributed by atoms with E-state index in [2.05, 4.69) is 31.9 Å². The minimum atomic E-state index is -1.05. The highest BCUT2D eigenvalue weighted by atomic mass is 79.9. The van der Waals surface area contributed by atoms with Crippen LogP contribution in [0.5, 0.6) is 0 Å². The van der Waals surface area contributed by atoms with Crippen LogP contribution < -0.4 is 0 Å². The van der Waals surface area contributed by atoms with Gasteiger partial charge in [0.25, 0.3) is 0 Å². The van der Waals surface area contributed by atoms with Gasteiger partial charge in [0.1, 0.15) is 11.1 Å². The lowest BCUT2D eigenvalue weighted by molar-refractivity contribution is -0.136. The fourth-order valence-electron chi connectivity index (χ4n) is 0.205. The van der Waals surface area contributed by atoms with Crippen molar-refractivity contribution in [1.82, 2.24) is 0 Å². The van der Waals surface area contributed by atoms with Gasteiger partial charge >= 0.3 is 5.97 Å². The Bertz CT molecular complexity index is 125. The van der Waals surface area contributed by atoms with Crippen molar-refractivity contribution < 1.29 is 14.7 Å². The molecular formula is C4H4Br2O3. The first-order valence-electron chi connectivity index (χ1n) is 2.06. The standard InChI is InChI=1S/C4H4Br2O3/c5-2(1-7)3(6)4(8)9/h1-3H,(H,8,9). The normalized spacial score (nSPS) is 16.2. The molecule has 0 aromatic rings. The summed E-state index contributed by atoms with van der Waals surface area (Å²) in [5.41, 5.74) is 0. The van der Waals surface area contributed by atoms with Crippen LogP contribution in [0.15, 0.2) is 0 Å². The molecule has 0 fully saturated rings. The van der Waals surface area contributed by atoms with Crippen molar-refractivity contribution >= 4 is 44.1 Å². The van der Waals surface area contributed by atoms with Gasteiger partial charge in [0.15, 0.2) is 0 Å². The summed E-state index contributed by atoms with van der Waals surface area (Å²) in [6, 6.07) is 0. The van der Waals surface area contributed by atoms with Crippen molar-refractivity contribution in [2.45, 2.75) is 9.65 Å². The molecule has 0 radical (unpaired) electrons. The second-order valence-electron chi connectivity index (χ2n) is 1.32. The molecule has 0 aromatic heterocycles. The molecule has 9 heavy (non-hydrogen) atoms. The number of hydrogen-bond donors (Lipinski definition) is 1. The van der Waals surface area contributed by atoms with E-state index in [4.69, 9.17) is 5.11 Å². The lowest BCUT2D eigenvalue weighted by Gasteiger charge is -2.02. The summed E-state index contributed by atoms with van der Waals surface area (Å²) in [6.07, 6.45) is 0.521. The van der Waals surface area contributed by atoms with Crippen LogP contribution in [0.4, 0.5) is 0 Å². The van der Waals surface area contributed by atoms with E-state index >= 15 is 0 Å². The predicted molar refractivity (Wildman–Crippen MR) is 39.1 cm³/mol. The predicted octanol–water partition coefficient (Wildman–Crippen LogP) is 0.797. The first-order chi connectivity index (χ1) is 4.09. The monoisotopic (exact) mass is 258 g/mol. The molecule has 0 spiro atoms. The molecule has 0 heterocycles. The molecule has 0 amide bonds. The van der Waals surface area contributed by atoms with E-state index in [1.165, 1.54) is 0 Å². The third kappa shape index (κ3) is 2.95. The smallest absolute Gasteiger partial charge is 0.318 e. The number of aldehydes is 1. The van der Waals surface area contributed by atoms with E-state index in [1.54, 1.807) is 0 Å². The van der Waals surface area contributed by atoms with E-state index in [9.17, 15) is 9.59 Å². The van der Waals surface area contributed by atoms with Gasteiger partial charge in [0.2, 0.25) is 0 Å². The van der Waals surface area contributed by atoms with Crippen LogP contribution in [-0.2, 0) is 9.59 Å². The fraction of sp³-hybridized carbons (Fsp3) is 0.500. The van der Waals surface area contributed by atoms with Crippen LogP contribution in [0, 0.1) is 0 Å². The number of carbonyl (C=O) groups excluding carboxylic acids is 1. The molecule has 0 aromatic carbocycles. The molecule has 52 valence electrons. The van der Waals surface area contributed by atoms with Crippen molar-refractivity contribution in [2.75, 3.05) is 0 Å². The molecule has 5 heteroatoms. The lowest BCUT2D eigenvalue weighted by Crippen LogP contribution is -2.24. The Labute approximate surface area is 68.7 Å². The molecule has 3 nitrogen and oxygen atoms in total. The molecule has 0 bridgehead atoms. The third-order valence-electron chi connectivity index (χ3n) is 0.645. The van der Waals surface area contributed by atoms with Gasteiger partial charge in [-0.05, 0) is 0 Å². The molecule has 0 saturated carbocycles. The molecule has 0 aliphatic carbocycles. The Kier molecular flexibility index (Phi) is 4.05. The first-order valence-corrected chi connectivity index (χ1v) is 3.89. The molecule has 0 rings (SSSR count). The lowest BCUT2D eigenvalue weighted by atomic mass is 10.3. The summed E-state index contributed by atoms with van der Waals surface area (Å²) in [5, 5.41) is 8.25. The van der Waals surface area contributed by atoms with Gasteiger partial charge < -0.3 is 9.90 Å². The van der Waals surface area contributed by atoms with Crippen LogP contribution in [-0.4, -0.2) is 27.0 Å².